The van der Waals surface area contributed by atoms with E-state index in [1.165, 1.54) is 10.4 Å². The Morgan fingerprint density at radius 1 is 1.41 bits per heavy atom. The third-order valence-corrected chi connectivity index (χ3v) is 4.66. The van der Waals surface area contributed by atoms with Gasteiger partial charge in [0.1, 0.15) is 0 Å². The van der Waals surface area contributed by atoms with Gasteiger partial charge in [0, 0.05) is 9.35 Å². The Morgan fingerprint density at radius 2 is 2.24 bits per heavy atom. The van der Waals surface area contributed by atoms with Gasteiger partial charge in [-0.05, 0) is 51.6 Å². The number of benzene rings is 1. The molecule has 0 amide bonds. The van der Waals surface area contributed by atoms with Gasteiger partial charge in [-0.15, -0.1) is 11.3 Å². The van der Waals surface area contributed by atoms with Crippen LogP contribution in [0.15, 0.2) is 40.2 Å². The Labute approximate surface area is 119 Å². The topological polar surface area (TPSA) is 12.0 Å². The fraction of sp³-hybridized carbons (Fsp3) is 0.231. The molecule has 0 bridgehead atoms. The highest BCUT2D eigenvalue weighted by molar-refractivity contribution is 9.10. The second-order valence-corrected chi connectivity index (χ2v) is 5.92. The number of halogens is 2. The summed E-state index contributed by atoms with van der Waals surface area (Å²) in [6.07, 6.45) is 0. The molecule has 2 rings (SSSR count). The highest BCUT2D eigenvalue weighted by Crippen LogP contribution is 2.30. The van der Waals surface area contributed by atoms with Crippen LogP contribution in [0.1, 0.15) is 23.4 Å². The van der Waals surface area contributed by atoms with Crippen molar-refractivity contribution in [2.24, 2.45) is 0 Å². The zero-order valence-corrected chi connectivity index (χ0v) is 12.6. The van der Waals surface area contributed by atoms with Gasteiger partial charge in [0.25, 0.3) is 0 Å². The first-order valence-electron chi connectivity index (χ1n) is 5.44. The molecule has 0 aliphatic rings. The standard InChI is InChI=1S/C13H13BrClNS/c1-2-16-13(12-4-3-7-17-12)9-5-6-11(15)10(14)8-9/h3-8,13,16H,2H2,1H3. The summed E-state index contributed by atoms with van der Waals surface area (Å²) >= 11 is 11.3. The van der Waals surface area contributed by atoms with Crippen molar-refractivity contribution in [2.75, 3.05) is 6.54 Å². The Hall–Kier alpha value is -0.350. The molecule has 0 spiro atoms. The second-order valence-electron chi connectivity index (χ2n) is 3.68. The SMILES string of the molecule is CCNC(c1ccc(Cl)c(Br)c1)c1cccs1. The number of hydrogen-bond acceptors (Lipinski definition) is 2. The lowest BCUT2D eigenvalue weighted by atomic mass is 10.1. The van der Waals surface area contributed by atoms with E-state index >= 15 is 0 Å². The summed E-state index contributed by atoms with van der Waals surface area (Å²) in [7, 11) is 0. The lowest BCUT2D eigenvalue weighted by Crippen LogP contribution is -2.21. The van der Waals surface area contributed by atoms with Gasteiger partial charge in [-0.2, -0.15) is 0 Å². The summed E-state index contributed by atoms with van der Waals surface area (Å²) < 4.78 is 0.941. The van der Waals surface area contributed by atoms with Crippen LogP contribution in [-0.4, -0.2) is 6.54 Å². The maximum Gasteiger partial charge on any atom is 0.0671 e. The minimum Gasteiger partial charge on any atom is -0.306 e. The van der Waals surface area contributed by atoms with Gasteiger partial charge in [0.15, 0.2) is 0 Å². The predicted octanol–water partition coefficient (Wildman–Crippen LogP) is 4.86. The summed E-state index contributed by atoms with van der Waals surface area (Å²) in [6.45, 7) is 3.05. The molecule has 1 atom stereocenters. The van der Waals surface area contributed by atoms with E-state index in [1.807, 2.05) is 6.07 Å². The molecule has 1 heterocycles. The fourth-order valence-corrected chi connectivity index (χ4v) is 3.08. The molecular formula is C13H13BrClNS. The summed E-state index contributed by atoms with van der Waals surface area (Å²) in [5.74, 6) is 0. The van der Waals surface area contributed by atoms with Gasteiger partial charge in [0.05, 0.1) is 11.1 Å². The van der Waals surface area contributed by atoms with E-state index in [2.05, 4.69) is 57.8 Å². The Bertz CT molecular complexity index is 484. The molecule has 0 aliphatic carbocycles. The molecule has 4 heteroatoms. The second kappa shape index (κ2) is 6.01. The number of rotatable bonds is 4. The highest BCUT2D eigenvalue weighted by Gasteiger charge is 2.14. The van der Waals surface area contributed by atoms with Gasteiger partial charge >= 0.3 is 0 Å². The lowest BCUT2D eigenvalue weighted by molar-refractivity contribution is 0.639. The van der Waals surface area contributed by atoms with E-state index in [4.69, 9.17) is 11.6 Å². The molecule has 1 nitrogen and oxygen atoms in total. The minimum absolute atomic E-state index is 0.244. The fourth-order valence-electron chi connectivity index (χ4n) is 1.73. The molecule has 1 aromatic heterocycles. The first-order chi connectivity index (χ1) is 8.22. The van der Waals surface area contributed by atoms with Crippen LogP contribution in [0.5, 0.6) is 0 Å². The maximum absolute atomic E-state index is 6.02. The maximum atomic E-state index is 6.02. The molecule has 0 saturated carbocycles. The third-order valence-electron chi connectivity index (χ3n) is 2.51. The monoisotopic (exact) mass is 329 g/mol. The lowest BCUT2D eigenvalue weighted by Gasteiger charge is -2.17. The smallest absolute Gasteiger partial charge is 0.0671 e. The van der Waals surface area contributed by atoms with Crippen LogP contribution in [0, 0.1) is 0 Å². The Balaban J connectivity index is 2.35. The summed E-state index contributed by atoms with van der Waals surface area (Å²) in [5, 5.41) is 6.34. The van der Waals surface area contributed by atoms with E-state index in [9.17, 15) is 0 Å². The first-order valence-corrected chi connectivity index (χ1v) is 7.49. The van der Waals surface area contributed by atoms with Gasteiger partial charge in [-0.3, -0.25) is 0 Å². The Kier molecular flexibility index (Phi) is 4.62. The van der Waals surface area contributed by atoms with E-state index in [1.54, 1.807) is 11.3 Å². The molecule has 0 radical (unpaired) electrons. The molecular weight excluding hydrogens is 318 g/mol. The molecule has 0 fully saturated rings. The first kappa shape index (κ1) is 13.1. The average Bonchev–Trinajstić information content (AvgIpc) is 2.83. The van der Waals surface area contributed by atoms with Crippen molar-refractivity contribution in [1.82, 2.24) is 5.32 Å². The van der Waals surface area contributed by atoms with Crippen LogP contribution in [0.2, 0.25) is 5.02 Å². The molecule has 1 aromatic carbocycles. The predicted molar refractivity (Wildman–Crippen MR) is 79.0 cm³/mol. The molecule has 0 aliphatic heterocycles. The molecule has 17 heavy (non-hydrogen) atoms. The molecule has 90 valence electrons. The van der Waals surface area contributed by atoms with Crippen LogP contribution >= 0.6 is 38.9 Å². The molecule has 2 aromatic rings. The van der Waals surface area contributed by atoms with Crippen molar-refractivity contribution in [3.8, 4) is 0 Å². The number of hydrogen-bond donors (Lipinski definition) is 1. The van der Waals surface area contributed by atoms with Crippen LogP contribution in [-0.2, 0) is 0 Å². The highest BCUT2D eigenvalue weighted by atomic mass is 79.9. The van der Waals surface area contributed by atoms with Crippen molar-refractivity contribution < 1.29 is 0 Å². The van der Waals surface area contributed by atoms with Crippen LogP contribution in [0.25, 0.3) is 0 Å². The van der Waals surface area contributed by atoms with Crippen LogP contribution in [0.3, 0.4) is 0 Å². The third kappa shape index (κ3) is 3.10. The Morgan fingerprint density at radius 3 is 2.82 bits per heavy atom. The summed E-state index contributed by atoms with van der Waals surface area (Å²) in [4.78, 5) is 1.32. The van der Waals surface area contributed by atoms with Crippen molar-refractivity contribution in [1.29, 1.82) is 0 Å². The molecule has 1 unspecified atom stereocenters. The van der Waals surface area contributed by atoms with Gasteiger partial charge in [-0.1, -0.05) is 30.7 Å². The van der Waals surface area contributed by atoms with E-state index in [0.717, 1.165) is 16.0 Å². The number of thiophene rings is 1. The van der Waals surface area contributed by atoms with Crippen molar-refractivity contribution >= 4 is 38.9 Å². The van der Waals surface area contributed by atoms with Crippen LogP contribution in [0.4, 0.5) is 0 Å². The van der Waals surface area contributed by atoms with Crippen molar-refractivity contribution in [3.63, 3.8) is 0 Å². The number of nitrogens with one attached hydrogen (secondary N) is 1. The summed E-state index contributed by atoms with van der Waals surface area (Å²) in [5.41, 5.74) is 1.23. The normalized spacial score (nSPS) is 12.6. The van der Waals surface area contributed by atoms with E-state index < -0.39 is 0 Å². The zero-order valence-electron chi connectivity index (χ0n) is 9.41. The van der Waals surface area contributed by atoms with Gasteiger partial charge in [-0.25, -0.2) is 0 Å². The average molecular weight is 331 g/mol. The minimum atomic E-state index is 0.244. The largest absolute Gasteiger partial charge is 0.306 e. The van der Waals surface area contributed by atoms with E-state index in [0.29, 0.717) is 0 Å². The van der Waals surface area contributed by atoms with E-state index in [-0.39, 0.29) is 6.04 Å². The van der Waals surface area contributed by atoms with Crippen molar-refractivity contribution in [2.45, 2.75) is 13.0 Å². The molecule has 1 N–H and O–H groups in total. The van der Waals surface area contributed by atoms with Crippen LogP contribution < -0.4 is 5.32 Å². The van der Waals surface area contributed by atoms with Gasteiger partial charge in [0.2, 0.25) is 0 Å². The van der Waals surface area contributed by atoms with Gasteiger partial charge < -0.3 is 5.32 Å². The molecule has 0 saturated heterocycles. The van der Waals surface area contributed by atoms with Crippen molar-refractivity contribution in [3.05, 3.63) is 55.6 Å². The zero-order chi connectivity index (χ0) is 12.3. The quantitative estimate of drug-likeness (QED) is 0.844. The summed E-state index contributed by atoms with van der Waals surface area (Å²) in [6, 6.07) is 10.6.